The molecular weight excluding hydrogens is 533 g/mol. The van der Waals surface area contributed by atoms with Crippen molar-refractivity contribution in [1.29, 1.82) is 5.26 Å². The van der Waals surface area contributed by atoms with Gasteiger partial charge in [-0.05, 0) is 78.1 Å². The first-order valence-corrected chi connectivity index (χ1v) is 16.1. The summed E-state index contributed by atoms with van der Waals surface area (Å²) >= 11 is 14.5. The average molecular weight is 575 g/mol. The summed E-state index contributed by atoms with van der Waals surface area (Å²) in [6, 6.07) is 10.7. The van der Waals surface area contributed by atoms with Crippen LogP contribution in [0.1, 0.15) is 75.8 Å². The summed E-state index contributed by atoms with van der Waals surface area (Å²) in [5.74, 6) is 1.12. The van der Waals surface area contributed by atoms with Gasteiger partial charge < -0.3 is 9.64 Å². The minimum atomic E-state index is -0.250. The standard InChI is InChI=1S/C31H41Cl2N3OS/c1-3-8-30(9-4-2)22-31(37-29(30)16-34)10-12-35(13-11-31)18-25-19-36(20-27(25)24-7-14-38-21-24)17-23-5-6-26(32)15-28(23)33/h5-7,14-15,21,25,27,29H,3-4,8-13,17-20,22H2,1-2H3/t25-,27+,29?/m0/s1. The summed E-state index contributed by atoms with van der Waals surface area (Å²) in [4.78, 5) is 5.23. The normalized spacial score (nSPS) is 27.2. The second-order valence-corrected chi connectivity index (χ2v) is 13.6. The van der Waals surface area contributed by atoms with Gasteiger partial charge in [-0.3, -0.25) is 4.90 Å². The third-order valence-electron chi connectivity index (χ3n) is 9.37. The molecule has 0 radical (unpaired) electrons. The maximum absolute atomic E-state index is 9.99. The van der Waals surface area contributed by atoms with Crippen LogP contribution in [-0.4, -0.2) is 54.2 Å². The summed E-state index contributed by atoms with van der Waals surface area (Å²) in [5, 5.41) is 16.0. The zero-order chi connectivity index (χ0) is 26.8. The van der Waals surface area contributed by atoms with Crippen molar-refractivity contribution >= 4 is 34.5 Å². The van der Waals surface area contributed by atoms with Crippen LogP contribution in [0.3, 0.4) is 0 Å². The van der Waals surface area contributed by atoms with Crippen LogP contribution in [0.25, 0.3) is 0 Å². The van der Waals surface area contributed by atoms with Gasteiger partial charge in [0, 0.05) is 60.6 Å². The van der Waals surface area contributed by atoms with E-state index >= 15 is 0 Å². The molecule has 3 aliphatic heterocycles. The van der Waals surface area contributed by atoms with Gasteiger partial charge in [-0.25, -0.2) is 0 Å². The van der Waals surface area contributed by atoms with E-state index in [1.165, 1.54) is 5.56 Å². The maximum atomic E-state index is 9.99. The third-order valence-corrected chi connectivity index (χ3v) is 10.7. The highest BCUT2D eigenvalue weighted by molar-refractivity contribution is 7.08. The zero-order valence-corrected chi connectivity index (χ0v) is 25.1. The van der Waals surface area contributed by atoms with Crippen LogP contribution < -0.4 is 0 Å². The van der Waals surface area contributed by atoms with E-state index in [-0.39, 0.29) is 17.1 Å². The van der Waals surface area contributed by atoms with E-state index in [4.69, 9.17) is 27.9 Å². The summed E-state index contributed by atoms with van der Waals surface area (Å²) < 4.78 is 6.64. The zero-order valence-electron chi connectivity index (χ0n) is 22.8. The third kappa shape index (κ3) is 5.97. The largest absolute Gasteiger partial charge is 0.356 e. The van der Waals surface area contributed by atoms with E-state index in [0.29, 0.717) is 16.9 Å². The molecule has 0 N–H and O–H groups in total. The molecule has 1 unspecified atom stereocenters. The monoisotopic (exact) mass is 573 g/mol. The van der Waals surface area contributed by atoms with E-state index in [1.807, 2.05) is 12.1 Å². The fraction of sp³-hybridized carbons (Fsp3) is 0.645. The van der Waals surface area contributed by atoms with Crippen LogP contribution in [0.15, 0.2) is 35.0 Å². The highest BCUT2D eigenvalue weighted by atomic mass is 35.5. The molecule has 7 heteroatoms. The predicted octanol–water partition coefficient (Wildman–Crippen LogP) is 8.00. The van der Waals surface area contributed by atoms with E-state index in [2.05, 4.69) is 52.6 Å². The van der Waals surface area contributed by atoms with Crippen LogP contribution in [0.2, 0.25) is 10.0 Å². The molecule has 0 amide bonds. The van der Waals surface area contributed by atoms with Gasteiger partial charge in [0.25, 0.3) is 0 Å². The van der Waals surface area contributed by atoms with Gasteiger partial charge in [-0.1, -0.05) is 56.0 Å². The number of nitrogens with zero attached hydrogens (tertiary/aromatic N) is 3. The Morgan fingerprint density at radius 1 is 1.08 bits per heavy atom. The first-order chi connectivity index (χ1) is 18.4. The molecule has 3 saturated heterocycles. The van der Waals surface area contributed by atoms with Crippen molar-refractivity contribution < 1.29 is 4.74 Å². The fourth-order valence-electron chi connectivity index (χ4n) is 7.67. The topological polar surface area (TPSA) is 39.5 Å². The number of hydrogen-bond donors (Lipinski definition) is 0. The van der Waals surface area contributed by atoms with Crippen molar-refractivity contribution in [2.75, 3.05) is 32.7 Å². The molecular formula is C31H41Cl2N3OS. The van der Waals surface area contributed by atoms with Crippen molar-refractivity contribution in [2.45, 2.75) is 83.0 Å². The number of ether oxygens (including phenoxy) is 1. The molecule has 0 aliphatic carbocycles. The Morgan fingerprint density at radius 2 is 1.84 bits per heavy atom. The molecule has 0 bridgehead atoms. The smallest absolute Gasteiger partial charge is 0.150 e. The molecule has 2 aromatic rings. The quantitative estimate of drug-likeness (QED) is 0.304. The van der Waals surface area contributed by atoms with Gasteiger partial charge in [0.2, 0.25) is 0 Å². The van der Waals surface area contributed by atoms with Crippen molar-refractivity contribution in [3.05, 3.63) is 56.2 Å². The van der Waals surface area contributed by atoms with Gasteiger partial charge in [0.05, 0.1) is 11.7 Å². The summed E-state index contributed by atoms with van der Waals surface area (Å²) in [6.45, 7) is 10.7. The Balaban J connectivity index is 1.24. The highest BCUT2D eigenvalue weighted by Gasteiger charge is 2.55. The first kappa shape index (κ1) is 28.4. The lowest BCUT2D eigenvalue weighted by molar-refractivity contribution is -0.0677. The molecule has 5 rings (SSSR count). The number of halogens is 2. The Hall–Kier alpha value is -1.13. The lowest BCUT2D eigenvalue weighted by Crippen LogP contribution is -2.46. The van der Waals surface area contributed by atoms with Gasteiger partial charge in [-0.2, -0.15) is 16.6 Å². The van der Waals surface area contributed by atoms with Crippen molar-refractivity contribution in [1.82, 2.24) is 9.80 Å². The molecule has 3 atom stereocenters. The van der Waals surface area contributed by atoms with E-state index < -0.39 is 0 Å². The van der Waals surface area contributed by atoms with E-state index in [9.17, 15) is 5.26 Å². The fourth-order valence-corrected chi connectivity index (χ4v) is 8.87. The average Bonchev–Trinajstić information content (AvgIpc) is 3.62. The Kier molecular flexibility index (Phi) is 9.09. The number of likely N-dealkylation sites (tertiary alicyclic amines) is 2. The Labute approximate surface area is 242 Å². The molecule has 1 aromatic heterocycles. The number of benzene rings is 1. The van der Waals surface area contributed by atoms with Crippen LogP contribution in [-0.2, 0) is 11.3 Å². The van der Waals surface area contributed by atoms with Crippen LogP contribution in [0, 0.1) is 22.7 Å². The van der Waals surface area contributed by atoms with Crippen LogP contribution in [0.5, 0.6) is 0 Å². The molecule has 3 fully saturated rings. The molecule has 1 spiro atoms. The van der Waals surface area contributed by atoms with E-state index in [0.717, 1.165) is 94.8 Å². The molecule has 4 nitrogen and oxygen atoms in total. The maximum Gasteiger partial charge on any atom is 0.150 e. The predicted molar refractivity (Wildman–Crippen MR) is 158 cm³/mol. The van der Waals surface area contributed by atoms with E-state index in [1.54, 1.807) is 11.3 Å². The summed E-state index contributed by atoms with van der Waals surface area (Å²) in [7, 11) is 0. The van der Waals surface area contributed by atoms with Crippen LogP contribution >= 0.6 is 34.5 Å². The van der Waals surface area contributed by atoms with Crippen molar-refractivity contribution in [3.8, 4) is 6.07 Å². The van der Waals surface area contributed by atoms with Gasteiger partial charge in [-0.15, -0.1) is 0 Å². The molecule has 38 heavy (non-hydrogen) atoms. The number of hydrogen-bond acceptors (Lipinski definition) is 5. The number of thiophene rings is 1. The Bertz CT molecular complexity index is 1100. The van der Waals surface area contributed by atoms with Gasteiger partial charge >= 0.3 is 0 Å². The first-order valence-electron chi connectivity index (χ1n) is 14.4. The summed E-state index contributed by atoms with van der Waals surface area (Å²) in [5.41, 5.74) is 2.55. The SMILES string of the molecule is CCCC1(CCC)CC2(CCN(C[C@H]3CN(Cc4ccc(Cl)cc4Cl)C[C@@H]3c3ccsc3)CC2)OC1C#N. The number of piperidine rings is 1. The number of rotatable bonds is 9. The van der Waals surface area contributed by atoms with Crippen molar-refractivity contribution in [3.63, 3.8) is 0 Å². The molecule has 1 aromatic carbocycles. The molecule has 3 aliphatic rings. The van der Waals surface area contributed by atoms with Crippen molar-refractivity contribution in [2.24, 2.45) is 11.3 Å². The lowest BCUT2D eigenvalue weighted by Gasteiger charge is -2.40. The minimum absolute atomic E-state index is 0.0410. The summed E-state index contributed by atoms with van der Waals surface area (Å²) in [6.07, 6.45) is 7.33. The highest BCUT2D eigenvalue weighted by Crippen LogP contribution is 2.53. The second kappa shape index (κ2) is 12.2. The molecule has 4 heterocycles. The van der Waals surface area contributed by atoms with Gasteiger partial charge in [0.1, 0.15) is 6.10 Å². The lowest BCUT2D eigenvalue weighted by atomic mass is 9.69. The van der Waals surface area contributed by atoms with Crippen LogP contribution in [0.4, 0.5) is 0 Å². The second-order valence-electron chi connectivity index (χ2n) is 12.0. The number of nitriles is 1. The Morgan fingerprint density at radius 3 is 2.47 bits per heavy atom. The minimum Gasteiger partial charge on any atom is -0.356 e. The molecule has 206 valence electrons. The molecule has 0 saturated carbocycles. The van der Waals surface area contributed by atoms with Gasteiger partial charge in [0.15, 0.2) is 0 Å².